The normalized spacial score (nSPS) is 12.1. The molecule has 3 heterocycles. The fourth-order valence-electron chi connectivity index (χ4n) is 4.80. The van der Waals surface area contributed by atoms with Crippen molar-refractivity contribution in [3.63, 3.8) is 0 Å². The van der Waals surface area contributed by atoms with Crippen LogP contribution in [0.25, 0.3) is 22.7 Å². The van der Waals surface area contributed by atoms with Crippen LogP contribution in [-0.2, 0) is 24.9 Å². The number of hydrogen-bond donors (Lipinski definition) is 2. The Morgan fingerprint density at radius 2 is 1.69 bits per heavy atom. The van der Waals surface area contributed by atoms with E-state index in [0.717, 1.165) is 0 Å². The molecule has 13 nitrogen and oxygen atoms in total. The smallest absolute Gasteiger partial charge is 0.332 e. The fraction of sp³-hybridized carbons (Fsp3) is 0.423. The van der Waals surface area contributed by atoms with Crippen LogP contribution in [0, 0.1) is 0 Å². The minimum absolute atomic E-state index is 0.224. The van der Waals surface area contributed by atoms with Gasteiger partial charge < -0.3 is 24.9 Å². The highest BCUT2D eigenvalue weighted by atomic mass is 16.5. The van der Waals surface area contributed by atoms with Crippen molar-refractivity contribution in [2.45, 2.75) is 45.7 Å². The Bertz CT molecular complexity index is 1650. The molecule has 13 heteroatoms. The average molecular weight is 540 g/mol. The first kappa shape index (κ1) is 27.5. The Hall–Kier alpha value is -4.55. The summed E-state index contributed by atoms with van der Waals surface area (Å²) in [5.41, 5.74) is 6.79. The van der Waals surface area contributed by atoms with Crippen molar-refractivity contribution >= 4 is 17.1 Å². The van der Waals surface area contributed by atoms with Gasteiger partial charge in [-0.15, -0.1) is 0 Å². The van der Waals surface area contributed by atoms with E-state index >= 15 is 0 Å². The van der Waals surface area contributed by atoms with Gasteiger partial charge in [0.2, 0.25) is 11.7 Å². The maximum absolute atomic E-state index is 13.2. The number of methoxy groups -OCH3 is 3. The van der Waals surface area contributed by atoms with E-state index in [0.29, 0.717) is 60.2 Å². The van der Waals surface area contributed by atoms with Crippen LogP contribution in [0.5, 0.6) is 17.2 Å². The van der Waals surface area contributed by atoms with E-state index in [9.17, 15) is 14.4 Å². The molecule has 39 heavy (non-hydrogen) atoms. The lowest BCUT2D eigenvalue weighted by atomic mass is 9.93. The molecule has 3 N–H and O–H groups in total. The van der Waals surface area contributed by atoms with Crippen molar-refractivity contribution in [3.05, 3.63) is 50.3 Å². The maximum atomic E-state index is 13.2. The summed E-state index contributed by atoms with van der Waals surface area (Å²) in [6.45, 7) is 4.55. The Morgan fingerprint density at radius 3 is 2.28 bits per heavy atom. The Balaban J connectivity index is 1.90. The van der Waals surface area contributed by atoms with Crippen molar-refractivity contribution in [2.24, 2.45) is 12.8 Å². The summed E-state index contributed by atoms with van der Waals surface area (Å²) in [5, 5.41) is 4.55. The van der Waals surface area contributed by atoms with Crippen molar-refractivity contribution in [2.75, 3.05) is 21.3 Å². The lowest BCUT2D eigenvalue weighted by Crippen LogP contribution is -2.40. The molecule has 0 saturated carbocycles. The largest absolute Gasteiger partial charge is 0.493 e. The molecule has 4 aromatic rings. The third-order valence-corrected chi connectivity index (χ3v) is 6.52. The van der Waals surface area contributed by atoms with Crippen LogP contribution in [0.3, 0.4) is 0 Å². The number of hydrogen-bond acceptors (Lipinski definition) is 8. The average Bonchev–Trinajstić information content (AvgIpc) is 3.52. The number of nitrogens with zero attached hydrogens (tertiary/aromatic N) is 5. The van der Waals surface area contributed by atoms with Crippen LogP contribution in [-0.4, -0.2) is 56.1 Å². The van der Waals surface area contributed by atoms with Crippen molar-refractivity contribution < 1.29 is 19.0 Å². The molecule has 1 amide bonds. The predicted molar refractivity (Wildman–Crippen MR) is 145 cm³/mol. The van der Waals surface area contributed by atoms with Gasteiger partial charge in [0, 0.05) is 25.7 Å². The molecule has 1 atom stereocenters. The molecule has 0 radical (unpaired) electrons. The lowest BCUT2D eigenvalue weighted by molar-refractivity contribution is -0.118. The second kappa shape index (κ2) is 11.1. The molecule has 3 aromatic heterocycles. The lowest BCUT2D eigenvalue weighted by Gasteiger charge is -2.19. The zero-order valence-corrected chi connectivity index (χ0v) is 22.9. The second-order valence-corrected chi connectivity index (χ2v) is 9.01. The highest BCUT2D eigenvalue weighted by Gasteiger charge is 2.31. The number of carbonyl (C=O) groups is 1. The summed E-state index contributed by atoms with van der Waals surface area (Å²) in [6.07, 6.45) is 1.32. The number of amides is 1. The van der Waals surface area contributed by atoms with Gasteiger partial charge in [0.15, 0.2) is 23.0 Å². The van der Waals surface area contributed by atoms with E-state index in [4.69, 9.17) is 19.9 Å². The zero-order chi connectivity index (χ0) is 28.4. The van der Waals surface area contributed by atoms with Crippen LogP contribution < -0.4 is 31.2 Å². The number of H-pyrrole nitrogens is 1. The van der Waals surface area contributed by atoms with Crippen LogP contribution in [0.4, 0.5) is 0 Å². The predicted octanol–water partition coefficient (Wildman–Crippen LogP) is 1.75. The number of fused-ring (bicyclic) bond motifs is 1. The van der Waals surface area contributed by atoms with Crippen LogP contribution >= 0.6 is 0 Å². The summed E-state index contributed by atoms with van der Waals surface area (Å²) in [6, 6.07) is 4.99. The van der Waals surface area contributed by atoms with E-state index in [1.54, 1.807) is 25.2 Å². The first-order valence-corrected chi connectivity index (χ1v) is 12.6. The van der Waals surface area contributed by atoms with Crippen molar-refractivity contribution in [1.29, 1.82) is 0 Å². The number of benzene rings is 1. The van der Waals surface area contributed by atoms with Gasteiger partial charge in [-0.05, 0) is 25.0 Å². The molecular formula is C26H33N7O6. The molecule has 1 aromatic carbocycles. The molecule has 0 bridgehead atoms. The van der Waals surface area contributed by atoms with Gasteiger partial charge in [-0.3, -0.25) is 23.4 Å². The SMILES string of the molecule is CCCn1c(=O)c2[nH]c(-c3cc(C(C(N)=O)c4ccc(OC)c(OC)c4OC)nn3C)nc2n(CCC)c1=O. The number of ether oxygens (including phenoxy) is 3. The molecule has 208 valence electrons. The van der Waals surface area contributed by atoms with Gasteiger partial charge in [-0.25, -0.2) is 9.78 Å². The number of carbonyl (C=O) groups excluding carboxylic acids is 1. The zero-order valence-electron chi connectivity index (χ0n) is 22.9. The maximum Gasteiger partial charge on any atom is 0.332 e. The number of nitrogens with two attached hydrogens (primary N) is 1. The Morgan fingerprint density at radius 1 is 1.03 bits per heavy atom. The van der Waals surface area contributed by atoms with E-state index in [2.05, 4.69) is 15.1 Å². The minimum atomic E-state index is -0.996. The van der Waals surface area contributed by atoms with E-state index < -0.39 is 23.1 Å². The number of aromatic nitrogens is 6. The number of imidazole rings is 1. The van der Waals surface area contributed by atoms with Crippen molar-refractivity contribution in [3.8, 4) is 28.8 Å². The first-order chi connectivity index (χ1) is 18.7. The second-order valence-electron chi connectivity index (χ2n) is 9.01. The first-order valence-electron chi connectivity index (χ1n) is 12.6. The quantitative estimate of drug-likeness (QED) is 0.291. The highest BCUT2D eigenvalue weighted by Crippen LogP contribution is 2.44. The van der Waals surface area contributed by atoms with Gasteiger partial charge >= 0.3 is 5.69 Å². The molecular weight excluding hydrogens is 506 g/mol. The van der Waals surface area contributed by atoms with Gasteiger partial charge in [0.25, 0.3) is 5.56 Å². The number of primary amides is 1. The monoisotopic (exact) mass is 539 g/mol. The molecule has 0 aliphatic carbocycles. The number of aromatic amines is 1. The molecule has 0 spiro atoms. The summed E-state index contributed by atoms with van der Waals surface area (Å²) in [5.74, 6) is -0.300. The number of aryl methyl sites for hydroxylation is 2. The molecule has 0 aliphatic heterocycles. The van der Waals surface area contributed by atoms with Gasteiger partial charge in [-0.2, -0.15) is 5.10 Å². The molecule has 0 saturated heterocycles. The standard InChI is InChI=1S/C26H33N7O6/c1-7-11-32-24-19(25(35)33(12-8-2)26(32)36)28-23(29-24)16-13-15(30-31(16)3)18(22(27)34)14-9-10-17(37-4)21(39-6)20(14)38-5/h9-10,13,18H,7-8,11-12H2,1-6H3,(H2,27,34)(H,28,29). The van der Waals surface area contributed by atoms with Crippen LogP contribution in [0.2, 0.25) is 0 Å². The van der Waals surface area contributed by atoms with E-state index in [-0.39, 0.29) is 16.9 Å². The highest BCUT2D eigenvalue weighted by molar-refractivity contribution is 5.87. The summed E-state index contributed by atoms with van der Waals surface area (Å²) >= 11 is 0. The van der Waals surface area contributed by atoms with Crippen LogP contribution in [0.15, 0.2) is 27.8 Å². The van der Waals surface area contributed by atoms with Crippen LogP contribution in [0.1, 0.15) is 43.9 Å². The Labute approximate surface area is 224 Å². The molecule has 0 fully saturated rings. The fourth-order valence-corrected chi connectivity index (χ4v) is 4.80. The van der Waals surface area contributed by atoms with Gasteiger partial charge in [-0.1, -0.05) is 19.9 Å². The third-order valence-electron chi connectivity index (χ3n) is 6.52. The van der Waals surface area contributed by atoms with E-state index in [1.165, 1.54) is 35.1 Å². The molecule has 1 unspecified atom stereocenters. The third kappa shape index (κ3) is 4.64. The molecule has 0 aliphatic rings. The molecule has 4 rings (SSSR count). The van der Waals surface area contributed by atoms with Gasteiger partial charge in [0.05, 0.1) is 27.0 Å². The van der Waals surface area contributed by atoms with Crippen molar-refractivity contribution in [1.82, 2.24) is 28.9 Å². The summed E-state index contributed by atoms with van der Waals surface area (Å²) in [7, 11) is 6.11. The topological polar surface area (TPSA) is 161 Å². The number of rotatable bonds is 11. The minimum Gasteiger partial charge on any atom is -0.493 e. The van der Waals surface area contributed by atoms with Gasteiger partial charge in [0.1, 0.15) is 17.1 Å². The number of nitrogens with one attached hydrogen (secondary N) is 1. The Kier molecular flexibility index (Phi) is 7.79. The summed E-state index contributed by atoms with van der Waals surface area (Å²) < 4.78 is 20.7. The van der Waals surface area contributed by atoms with E-state index in [1.807, 2.05) is 13.8 Å². The summed E-state index contributed by atoms with van der Waals surface area (Å²) in [4.78, 5) is 46.7.